The third-order valence-corrected chi connectivity index (χ3v) is 4.29. The fourth-order valence-corrected chi connectivity index (χ4v) is 3.04. The second-order valence-corrected chi connectivity index (χ2v) is 6.19. The highest BCUT2D eigenvalue weighted by Gasteiger charge is 2.11. The van der Waals surface area contributed by atoms with Crippen molar-refractivity contribution in [2.75, 3.05) is 5.32 Å². The van der Waals surface area contributed by atoms with Crippen LogP contribution in [0.2, 0.25) is 0 Å². The van der Waals surface area contributed by atoms with E-state index in [-0.39, 0.29) is 11.7 Å². The molecule has 24 heavy (non-hydrogen) atoms. The zero-order valence-corrected chi connectivity index (χ0v) is 13.8. The highest BCUT2D eigenvalue weighted by atomic mass is 16.1. The van der Waals surface area contributed by atoms with Gasteiger partial charge in [0.05, 0.1) is 0 Å². The topological polar surface area (TPSA) is 46.2 Å². The van der Waals surface area contributed by atoms with Gasteiger partial charge >= 0.3 is 0 Å². The molecule has 3 nitrogen and oxygen atoms in total. The fraction of sp³-hybridized carbons (Fsp3) is 0.238. The van der Waals surface area contributed by atoms with Crippen molar-refractivity contribution in [2.45, 2.75) is 32.6 Å². The standard InChI is InChI=1S/C21H21NO2/c1-15(23)22-20-11-6-16(7-12-20)8-13-21(24)19-10-9-17-4-2-3-5-18(17)14-19/h6-14H,2-5H2,1H3,(H,22,23). The number of rotatable bonds is 4. The Balaban J connectivity index is 1.70. The molecule has 0 bridgehead atoms. The number of carbonyl (C=O) groups is 2. The van der Waals surface area contributed by atoms with Gasteiger partial charge in [-0.2, -0.15) is 0 Å². The molecule has 0 atom stereocenters. The number of hydrogen-bond acceptors (Lipinski definition) is 2. The number of fused-ring (bicyclic) bond motifs is 1. The summed E-state index contributed by atoms with van der Waals surface area (Å²) in [5.74, 6) is -0.0739. The van der Waals surface area contributed by atoms with E-state index in [1.165, 1.54) is 30.9 Å². The van der Waals surface area contributed by atoms with Crippen LogP contribution in [0.25, 0.3) is 6.08 Å². The highest BCUT2D eigenvalue weighted by molar-refractivity contribution is 6.07. The Labute approximate surface area is 142 Å². The molecule has 0 heterocycles. The third kappa shape index (κ3) is 3.99. The van der Waals surface area contributed by atoms with Crippen LogP contribution in [-0.2, 0) is 17.6 Å². The SMILES string of the molecule is CC(=O)Nc1ccc(C=CC(=O)c2ccc3c(c2)CCCC3)cc1. The lowest BCUT2D eigenvalue weighted by Crippen LogP contribution is -2.05. The maximum Gasteiger partial charge on any atom is 0.221 e. The fourth-order valence-electron chi connectivity index (χ4n) is 3.04. The third-order valence-electron chi connectivity index (χ3n) is 4.29. The van der Waals surface area contributed by atoms with E-state index in [0.29, 0.717) is 0 Å². The zero-order chi connectivity index (χ0) is 16.9. The Hall–Kier alpha value is -2.68. The summed E-state index contributed by atoms with van der Waals surface area (Å²) >= 11 is 0. The predicted molar refractivity (Wildman–Crippen MR) is 97.2 cm³/mol. The van der Waals surface area contributed by atoms with E-state index in [4.69, 9.17) is 0 Å². The average molecular weight is 319 g/mol. The van der Waals surface area contributed by atoms with Crippen LogP contribution in [0.15, 0.2) is 48.5 Å². The number of aryl methyl sites for hydroxylation is 2. The summed E-state index contributed by atoms with van der Waals surface area (Å²) in [6.45, 7) is 1.48. The van der Waals surface area contributed by atoms with E-state index in [0.717, 1.165) is 29.7 Å². The molecule has 0 saturated heterocycles. The van der Waals surface area contributed by atoms with Crippen molar-refractivity contribution in [1.82, 2.24) is 0 Å². The number of carbonyl (C=O) groups excluding carboxylic acids is 2. The molecule has 1 amide bonds. The van der Waals surface area contributed by atoms with Crippen molar-refractivity contribution in [1.29, 1.82) is 0 Å². The van der Waals surface area contributed by atoms with Crippen molar-refractivity contribution in [3.63, 3.8) is 0 Å². The molecule has 3 heteroatoms. The smallest absolute Gasteiger partial charge is 0.221 e. The summed E-state index contributed by atoms with van der Waals surface area (Å²) in [6.07, 6.45) is 8.07. The lowest BCUT2D eigenvalue weighted by atomic mass is 9.90. The van der Waals surface area contributed by atoms with Gasteiger partial charge in [-0.15, -0.1) is 0 Å². The van der Waals surface area contributed by atoms with Crippen LogP contribution in [0.4, 0.5) is 5.69 Å². The molecule has 122 valence electrons. The van der Waals surface area contributed by atoms with Crippen LogP contribution in [0.5, 0.6) is 0 Å². The molecule has 0 unspecified atom stereocenters. The summed E-state index contributed by atoms with van der Waals surface area (Å²) < 4.78 is 0. The highest BCUT2D eigenvalue weighted by Crippen LogP contribution is 2.22. The van der Waals surface area contributed by atoms with Crippen LogP contribution >= 0.6 is 0 Å². The summed E-state index contributed by atoms with van der Waals surface area (Å²) in [4.78, 5) is 23.4. The molecule has 0 radical (unpaired) electrons. The minimum Gasteiger partial charge on any atom is -0.326 e. The van der Waals surface area contributed by atoms with E-state index < -0.39 is 0 Å². The van der Waals surface area contributed by atoms with E-state index in [2.05, 4.69) is 11.4 Å². The van der Waals surface area contributed by atoms with Gasteiger partial charge in [0, 0.05) is 18.2 Å². The quantitative estimate of drug-likeness (QED) is 0.670. The van der Waals surface area contributed by atoms with E-state index >= 15 is 0 Å². The lowest BCUT2D eigenvalue weighted by Gasteiger charge is -2.15. The average Bonchev–Trinajstić information content (AvgIpc) is 2.60. The second-order valence-electron chi connectivity index (χ2n) is 6.19. The van der Waals surface area contributed by atoms with Crippen molar-refractivity contribution in [3.05, 3.63) is 70.8 Å². The lowest BCUT2D eigenvalue weighted by molar-refractivity contribution is -0.114. The molecule has 0 saturated carbocycles. The van der Waals surface area contributed by atoms with Gasteiger partial charge in [-0.25, -0.2) is 0 Å². The van der Waals surface area contributed by atoms with Gasteiger partial charge in [0.2, 0.25) is 5.91 Å². The molecule has 1 aliphatic rings. The molecular weight excluding hydrogens is 298 g/mol. The summed E-state index contributed by atoms with van der Waals surface area (Å²) in [6, 6.07) is 13.5. The van der Waals surface area contributed by atoms with Crippen LogP contribution in [0.1, 0.15) is 46.8 Å². The number of benzene rings is 2. The monoisotopic (exact) mass is 319 g/mol. The van der Waals surface area contributed by atoms with Crippen molar-refractivity contribution < 1.29 is 9.59 Å². The second kappa shape index (κ2) is 7.26. The minimum absolute atomic E-state index is 0.0225. The Morgan fingerprint density at radius 2 is 1.67 bits per heavy atom. The Bertz CT molecular complexity index is 788. The maximum atomic E-state index is 12.4. The molecule has 0 fully saturated rings. The largest absolute Gasteiger partial charge is 0.326 e. The maximum absolute atomic E-state index is 12.4. The zero-order valence-electron chi connectivity index (χ0n) is 13.8. The Morgan fingerprint density at radius 3 is 2.38 bits per heavy atom. The van der Waals surface area contributed by atoms with Crippen molar-refractivity contribution in [3.8, 4) is 0 Å². The number of allylic oxidation sites excluding steroid dienone is 1. The van der Waals surface area contributed by atoms with Gasteiger partial charge in [0.1, 0.15) is 0 Å². The summed E-state index contributed by atoms with van der Waals surface area (Å²) in [7, 11) is 0. The van der Waals surface area contributed by atoms with Crippen LogP contribution in [0.3, 0.4) is 0 Å². The van der Waals surface area contributed by atoms with E-state index in [1.807, 2.05) is 36.4 Å². The van der Waals surface area contributed by atoms with Crippen LogP contribution in [0, 0.1) is 0 Å². The molecule has 2 aromatic rings. The first-order chi connectivity index (χ1) is 11.6. The molecular formula is C21H21NO2. The molecule has 1 aliphatic carbocycles. The molecule has 2 aromatic carbocycles. The summed E-state index contributed by atoms with van der Waals surface area (Å²) in [5, 5.41) is 2.72. The number of hydrogen-bond donors (Lipinski definition) is 1. The number of ketones is 1. The van der Waals surface area contributed by atoms with Crippen molar-refractivity contribution >= 4 is 23.5 Å². The van der Waals surface area contributed by atoms with Gasteiger partial charge in [0.25, 0.3) is 0 Å². The van der Waals surface area contributed by atoms with E-state index in [9.17, 15) is 9.59 Å². The van der Waals surface area contributed by atoms with Gasteiger partial charge in [-0.05, 0) is 66.6 Å². The number of amides is 1. The normalized spacial score (nSPS) is 13.5. The van der Waals surface area contributed by atoms with Gasteiger partial charge in [-0.1, -0.05) is 30.3 Å². The summed E-state index contributed by atoms with van der Waals surface area (Å²) in [5.41, 5.74) is 5.13. The molecule has 3 rings (SSSR count). The van der Waals surface area contributed by atoms with Crippen LogP contribution in [-0.4, -0.2) is 11.7 Å². The molecule has 0 spiro atoms. The first-order valence-corrected chi connectivity index (χ1v) is 8.34. The number of nitrogens with one attached hydrogen (secondary N) is 1. The predicted octanol–water partition coefficient (Wildman–Crippen LogP) is 4.42. The first-order valence-electron chi connectivity index (χ1n) is 8.34. The van der Waals surface area contributed by atoms with Gasteiger partial charge in [-0.3, -0.25) is 9.59 Å². The first kappa shape index (κ1) is 16.2. The van der Waals surface area contributed by atoms with Crippen LogP contribution < -0.4 is 5.32 Å². The Morgan fingerprint density at radius 1 is 0.958 bits per heavy atom. The van der Waals surface area contributed by atoms with Gasteiger partial charge in [0.15, 0.2) is 5.78 Å². The van der Waals surface area contributed by atoms with E-state index in [1.54, 1.807) is 12.2 Å². The minimum atomic E-state index is -0.0964. The Kier molecular flexibility index (Phi) is 4.90. The molecule has 1 N–H and O–H groups in total. The number of anilines is 1. The molecule has 0 aromatic heterocycles. The van der Waals surface area contributed by atoms with Crippen molar-refractivity contribution in [2.24, 2.45) is 0 Å². The van der Waals surface area contributed by atoms with Gasteiger partial charge < -0.3 is 5.32 Å². The molecule has 0 aliphatic heterocycles.